The van der Waals surface area contributed by atoms with Crippen LogP contribution in [0.1, 0.15) is 47.0 Å². The molecule has 1 rings (SSSR count). The molecule has 16 heavy (non-hydrogen) atoms. The zero-order valence-corrected chi connectivity index (χ0v) is 11.6. The van der Waals surface area contributed by atoms with Gasteiger partial charge in [-0.3, -0.25) is 0 Å². The third kappa shape index (κ3) is 5.86. The minimum absolute atomic E-state index is 0.634. The summed E-state index contributed by atoms with van der Waals surface area (Å²) in [6.45, 7) is 14.3. The molecule has 2 nitrogen and oxygen atoms in total. The number of hydrogen-bond acceptors (Lipinski definition) is 2. The molecule has 0 saturated carbocycles. The van der Waals surface area contributed by atoms with E-state index in [4.69, 9.17) is 0 Å². The average molecular weight is 226 g/mol. The minimum atomic E-state index is 0.634. The van der Waals surface area contributed by atoms with Gasteiger partial charge in [-0.2, -0.15) is 0 Å². The first kappa shape index (κ1) is 14.0. The molecule has 0 aromatic carbocycles. The largest absolute Gasteiger partial charge is 0.314 e. The fourth-order valence-corrected chi connectivity index (χ4v) is 2.41. The Morgan fingerprint density at radius 2 is 2.00 bits per heavy atom. The molecule has 0 amide bonds. The maximum atomic E-state index is 3.56. The van der Waals surface area contributed by atoms with Crippen molar-refractivity contribution in [3.05, 3.63) is 0 Å². The fraction of sp³-hybridized carbons (Fsp3) is 1.00. The number of rotatable bonds is 7. The lowest BCUT2D eigenvalue weighted by Gasteiger charge is -2.17. The molecule has 1 saturated heterocycles. The summed E-state index contributed by atoms with van der Waals surface area (Å²) in [6, 6.07) is 0.634. The fourth-order valence-electron chi connectivity index (χ4n) is 2.41. The SMILES string of the molecule is CC(C)CCCN1CCC(CNC(C)C)C1. The molecule has 1 aliphatic rings. The van der Waals surface area contributed by atoms with E-state index in [0.29, 0.717) is 6.04 Å². The van der Waals surface area contributed by atoms with Crippen molar-refractivity contribution >= 4 is 0 Å². The Morgan fingerprint density at radius 1 is 1.25 bits per heavy atom. The normalized spacial score (nSPS) is 22.5. The van der Waals surface area contributed by atoms with Gasteiger partial charge in [-0.05, 0) is 50.7 Å². The molecular formula is C14H30N2. The van der Waals surface area contributed by atoms with Crippen LogP contribution in [0.25, 0.3) is 0 Å². The second-order valence-electron chi connectivity index (χ2n) is 6.05. The van der Waals surface area contributed by atoms with Crippen molar-refractivity contribution in [1.82, 2.24) is 10.2 Å². The van der Waals surface area contributed by atoms with Crippen LogP contribution < -0.4 is 5.32 Å². The van der Waals surface area contributed by atoms with E-state index in [1.165, 1.54) is 45.4 Å². The lowest BCUT2D eigenvalue weighted by Crippen LogP contribution is -2.31. The van der Waals surface area contributed by atoms with Crippen molar-refractivity contribution in [1.29, 1.82) is 0 Å². The molecule has 1 atom stereocenters. The van der Waals surface area contributed by atoms with Crippen LogP contribution >= 0.6 is 0 Å². The van der Waals surface area contributed by atoms with Gasteiger partial charge in [0, 0.05) is 12.6 Å². The van der Waals surface area contributed by atoms with E-state index >= 15 is 0 Å². The summed E-state index contributed by atoms with van der Waals surface area (Å²) in [5, 5.41) is 3.56. The van der Waals surface area contributed by atoms with Gasteiger partial charge in [-0.25, -0.2) is 0 Å². The van der Waals surface area contributed by atoms with Gasteiger partial charge in [-0.15, -0.1) is 0 Å². The topological polar surface area (TPSA) is 15.3 Å². The van der Waals surface area contributed by atoms with Crippen molar-refractivity contribution in [3.63, 3.8) is 0 Å². The summed E-state index contributed by atoms with van der Waals surface area (Å²) in [7, 11) is 0. The van der Waals surface area contributed by atoms with Crippen molar-refractivity contribution < 1.29 is 0 Å². The van der Waals surface area contributed by atoms with Crippen molar-refractivity contribution in [2.24, 2.45) is 11.8 Å². The smallest absolute Gasteiger partial charge is 0.00223 e. The van der Waals surface area contributed by atoms with Crippen LogP contribution in [0.3, 0.4) is 0 Å². The Morgan fingerprint density at radius 3 is 2.62 bits per heavy atom. The molecule has 1 heterocycles. The zero-order chi connectivity index (χ0) is 12.0. The van der Waals surface area contributed by atoms with Gasteiger partial charge in [0.2, 0.25) is 0 Å². The molecular weight excluding hydrogens is 196 g/mol. The maximum absolute atomic E-state index is 3.56. The number of likely N-dealkylation sites (tertiary alicyclic amines) is 1. The monoisotopic (exact) mass is 226 g/mol. The molecule has 1 aliphatic heterocycles. The second kappa shape index (κ2) is 7.29. The Labute approximate surface area is 102 Å². The quantitative estimate of drug-likeness (QED) is 0.718. The summed E-state index contributed by atoms with van der Waals surface area (Å²) in [5.41, 5.74) is 0. The maximum Gasteiger partial charge on any atom is 0.00223 e. The lowest BCUT2D eigenvalue weighted by molar-refractivity contribution is 0.305. The van der Waals surface area contributed by atoms with E-state index in [2.05, 4.69) is 37.9 Å². The number of nitrogens with one attached hydrogen (secondary N) is 1. The molecule has 2 heteroatoms. The van der Waals surface area contributed by atoms with Gasteiger partial charge in [0.05, 0.1) is 0 Å². The van der Waals surface area contributed by atoms with E-state index < -0.39 is 0 Å². The Kier molecular flexibility index (Phi) is 6.37. The molecule has 0 aromatic heterocycles. The highest BCUT2D eigenvalue weighted by atomic mass is 15.1. The van der Waals surface area contributed by atoms with E-state index in [1.807, 2.05) is 0 Å². The van der Waals surface area contributed by atoms with Crippen molar-refractivity contribution in [3.8, 4) is 0 Å². The zero-order valence-electron chi connectivity index (χ0n) is 11.6. The van der Waals surface area contributed by atoms with Crippen molar-refractivity contribution in [2.75, 3.05) is 26.2 Å². The molecule has 0 bridgehead atoms. The first-order valence-corrected chi connectivity index (χ1v) is 7.03. The predicted octanol–water partition coefficient (Wildman–Crippen LogP) is 2.74. The molecule has 0 aromatic rings. The predicted molar refractivity (Wildman–Crippen MR) is 71.8 cm³/mol. The first-order valence-electron chi connectivity index (χ1n) is 7.03. The van der Waals surface area contributed by atoms with Crippen LogP contribution in [0.2, 0.25) is 0 Å². The Hall–Kier alpha value is -0.0800. The summed E-state index contributed by atoms with van der Waals surface area (Å²) >= 11 is 0. The van der Waals surface area contributed by atoms with Gasteiger partial charge in [0.15, 0.2) is 0 Å². The standard InChI is InChI=1S/C14H30N2/c1-12(2)6-5-8-16-9-7-14(11-16)10-15-13(3)4/h12-15H,5-11H2,1-4H3. The number of hydrogen-bond donors (Lipinski definition) is 1. The van der Waals surface area contributed by atoms with Crippen molar-refractivity contribution in [2.45, 2.75) is 53.0 Å². The molecule has 0 aliphatic carbocycles. The third-order valence-corrected chi connectivity index (χ3v) is 3.44. The molecule has 0 radical (unpaired) electrons. The van der Waals surface area contributed by atoms with Gasteiger partial charge in [-0.1, -0.05) is 27.7 Å². The Bertz CT molecular complexity index is 178. The Balaban J connectivity index is 2.05. The second-order valence-corrected chi connectivity index (χ2v) is 6.05. The van der Waals surface area contributed by atoms with E-state index in [0.717, 1.165) is 11.8 Å². The van der Waals surface area contributed by atoms with Crippen LogP contribution in [0, 0.1) is 11.8 Å². The number of nitrogens with zero attached hydrogens (tertiary/aromatic N) is 1. The van der Waals surface area contributed by atoms with Gasteiger partial charge < -0.3 is 10.2 Å². The lowest BCUT2D eigenvalue weighted by atomic mass is 10.1. The van der Waals surface area contributed by atoms with E-state index in [1.54, 1.807) is 0 Å². The van der Waals surface area contributed by atoms with Gasteiger partial charge in [0.1, 0.15) is 0 Å². The van der Waals surface area contributed by atoms with Gasteiger partial charge in [0.25, 0.3) is 0 Å². The van der Waals surface area contributed by atoms with Crippen LogP contribution in [0.5, 0.6) is 0 Å². The minimum Gasteiger partial charge on any atom is -0.314 e. The molecule has 1 N–H and O–H groups in total. The highest BCUT2D eigenvalue weighted by molar-refractivity contribution is 4.77. The molecule has 1 fully saturated rings. The molecule has 1 unspecified atom stereocenters. The van der Waals surface area contributed by atoms with E-state index in [9.17, 15) is 0 Å². The summed E-state index contributed by atoms with van der Waals surface area (Å²) in [6.07, 6.45) is 4.15. The third-order valence-electron chi connectivity index (χ3n) is 3.44. The van der Waals surface area contributed by atoms with Gasteiger partial charge >= 0.3 is 0 Å². The molecule has 96 valence electrons. The summed E-state index contributed by atoms with van der Waals surface area (Å²) in [5.74, 6) is 1.75. The van der Waals surface area contributed by atoms with Crippen LogP contribution in [-0.2, 0) is 0 Å². The van der Waals surface area contributed by atoms with Crippen LogP contribution in [-0.4, -0.2) is 37.1 Å². The molecule has 0 spiro atoms. The summed E-state index contributed by atoms with van der Waals surface area (Å²) in [4.78, 5) is 2.65. The average Bonchev–Trinajstić information content (AvgIpc) is 2.62. The van der Waals surface area contributed by atoms with Crippen LogP contribution in [0.15, 0.2) is 0 Å². The highest BCUT2D eigenvalue weighted by Gasteiger charge is 2.21. The van der Waals surface area contributed by atoms with E-state index in [-0.39, 0.29) is 0 Å². The summed E-state index contributed by atoms with van der Waals surface area (Å²) < 4.78 is 0. The highest BCUT2D eigenvalue weighted by Crippen LogP contribution is 2.16. The first-order chi connectivity index (χ1) is 7.58. The van der Waals surface area contributed by atoms with Crippen LogP contribution in [0.4, 0.5) is 0 Å².